The van der Waals surface area contributed by atoms with E-state index in [0.717, 1.165) is 19.3 Å². The zero-order chi connectivity index (χ0) is 10.6. The molecule has 1 heteroatoms. The largest absolute Gasteiger partial charge is 0.299 e. The van der Waals surface area contributed by atoms with E-state index in [0.29, 0.717) is 11.7 Å². The predicted molar refractivity (Wildman–Crippen MR) is 60.4 cm³/mol. The molecular formula is C14H18O. The molecule has 2 bridgehead atoms. The van der Waals surface area contributed by atoms with E-state index in [1.807, 2.05) is 0 Å². The number of ketones is 1. The molecule has 0 unspecified atom stereocenters. The van der Waals surface area contributed by atoms with Crippen LogP contribution in [0.3, 0.4) is 0 Å². The van der Waals surface area contributed by atoms with E-state index in [2.05, 4.69) is 26.0 Å². The minimum Gasteiger partial charge on any atom is -0.299 e. The standard InChI is InChI=1S/C14H18O/c1-14(2)11-5-3-4-10(11)9-6-7-12(14)13(15)8-9/h3,5,9,12H,4,6-8H2,1-2H3/t9-,12+/m1/s1. The summed E-state index contributed by atoms with van der Waals surface area (Å²) in [6.07, 6.45) is 8.81. The summed E-state index contributed by atoms with van der Waals surface area (Å²) >= 11 is 0. The molecule has 80 valence electrons. The van der Waals surface area contributed by atoms with Crippen molar-refractivity contribution in [2.45, 2.75) is 39.5 Å². The Balaban J connectivity index is 2.16. The molecule has 4 aliphatic rings. The van der Waals surface area contributed by atoms with Crippen molar-refractivity contribution in [2.75, 3.05) is 0 Å². The molecule has 0 spiro atoms. The van der Waals surface area contributed by atoms with Gasteiger partial charge in [-0.25, -0.2) is 0 Å². The Morgan fingerprint density at radius 2 is 2.13 bits per heavy atom. The maximum Gasteiger partial charge on any atom is 0.137 e. The van der Waals surface area contributed by atoms with Gasteiger partial charge < -0.3 is 0 Å². The lowest BCUT2D eigenvalue weighted by atomic mass is 9.69. The van der Waals surface area contributed by atoms with Crippen molar-refractivity contribution in [3.63, 3.8) is 0 Å². The van der Waals surface area contributed by atoms with Crippen LogP contribution in [0, 0.1) is 17.3 Å². The van der Waals surface area contributed by atoms with Gasteiger partial charge in [-0.1, -0.05) is 31.6 Å². The van der Waals surface area contributed by atoms with E-state index in [1.165, 1.54) is 12.0 Å². The van der Waals surface area contributed by atoms with E-state index in [4.69, 9.17) is 0 Å². The monoisotopic (exact) mass is 202 g/mol. The lowest BCUT2D eigenvalue weighted by Crippen LogP contribution is -2.33. The Bertz CT molecular complexity index is 384. The number of fused-ring (bicyclic) bond motifs is 2. The SMILES string of the molecule is CC1(C)C2=C(CC=C2)[C@@H]2CC[C@H]1C(=O)C2. The molecule has 1 saturated carbocycles. The van der Waals surface area contributed by atoms with Crippen LogP contribution in [0.15, 0.2) is 23.3 Å². The molecule has 15 heavy (non-hydrogen) atoms. The fourth-order valence-corrected chi connectivity index (χ4v) is 3.80. The summed E-state index contributed by atoms with van der Waals surface area (Å²) in [5.41, 5.74) is 3.15. The first-order chi connectivity index (χ1) is 7.10. The van der Waals surface area contributed by atoms with Gasteiger partial charge in [0.1, 0.15) is 5.78 Å². The Labute approximate surface area is 91.2 Å². The van der Waals surface area contributed by atoms with Crippen molar-refractivity contribution in [1.82, 2.24) is 0 Å². The molecule has 1 nitrogen and oxygen atoms in total. The summed E-state index contributed by atoms with van der Waals surface area (Å²) < 4.78 is 0. The lowest BCUT2D eigenvalue weighted by Gasteiger charge is -2.34. The number of carbonyl (C=O) groups is 1. The number of carbonyl (C=O) groups excluding carboxylic acids is 1. The van der Waals surface area contributed by atoms with E-state index in [1.54, 1.807) is 5.57 Å². The first-order valence-corrected chi connectivity index (χ1v) is 6.03. The predicted octanol–water partition coefficient (Wildman–Crippen LogP) is 3.27. The van der Waals surface area contributed by atoms with Crippen LogP contribution in [-0.4, -0.2) is 5.78 Å². The van der Waals surface area contributed by atoms with E-state index in [-0.39, 0.29) is 11.3 Å². The minimum absolute atomic E-state index is 0.0880. The Morgan fingerprint density at radius 1 is 1.33 bits per heavy atom. The highest BCUT2D eigenvalue weighted by molar-refractivity contribution is 5.85. The molecule has 0 aromatic carbocycles. The number of hydrogen-bond donors (Lipinski definition) is 0. The molecule has 0 aromatic rings. The second-order valence-electron chi connectivity index (χ2n) is 5.76. The van der Waals surface area contributed by atoms with Crippen molar-refractivity contribution in [2.24, 2.45) is 17.3 Å². The maximum atomic E-state index is 12.1. The highest BCUT2D eigenvalue weighted by Gasteiger charge is 2.46. The van der Waals surface area contributed by atoms with Gasteiger partial charge in [0.2, 0.25) is 0 Å². The van der Waals surface area contributed by atoms with E-state index >= 15 is 0 Å². The van der Waals surface area contributed by atoms with Crippen LogP contribution in [0.2, 0.25) is 0 Å². The van der Waals surface area contributed by atoms with Gasteiger partial charge in [0.25, 0.3) is 0 Å². The molecule has 0 N–H and O–H groups in total. The molecule has 0 heterocycles. The van der Waals surface area contributed by atoms with Crippen LogP contribution in [0.25, 0.3) is 0 Å². The van der Waals surface area contributed by atoms with Crippen LogP contribution < -0.4 is 0 Å². The summed E-state index contributed by atoms with van der Waals surface area (Å²) in [4.78, 5) is 12.1. The summed E-state index contributed by atoms with van der Waals surface area (Å²) in [6.45, 7) is 4.52. The molecule has 0 aliphatic heterocycles. The third-order valence-electron chi connectivity index (χ3n) is 4.67. The number of hydrogen-bond acceptors (Lipinski definition) is 1. The molecule has 0 aromatic heterocycles. The number of Topliss-reactive ketones (excluding diaryl/α,β-unsaturated/α-hetero) is 1. The molecule has 4 rings (SSSR count). The third kappa shape index (κ3) is 1.12. The van der Waals surface area contributed by atoms with Crippen molar-refractivity contribution >= 4 is 5.78 Å². The minimum atomic E-state index is 0.0880. The fraction of sp³-hybridized carbons (Fsp3) is 0.643. The van der Waals surface area contributed by atoms with Gasteiger partial charge in [-0.05, 0) is 36.2 Å². The fourth-order valence-electron chi connectivity index (χ4n) is 3.80. The molecule has 1 fully saturated rings. The zero-order valence-corrected chi connectivity index (χ0v) is 9.55. The van der Waals surface area contributed by atoms with Gasteiger partial charge in [-0.2, -0.15) is 0 Å². The van der Waals surface area contributed by atoms with Crippen LogP contribution in [-0.2, 0) is 4.79 Å². The van der Waals surface area contributed by atoms with Crippen LogP contribution in [0.1, 0.15) is 39.5 Å². The van der Waals surface area contributed by atoms with Gasteiger partial charge in [0.05, 0.1) is 0 Å². The molecule has 0 amide bonds. The summed E-state index contributed by atoms with van der Waals surface area (Å²) in [7, 11) is 0. The van der Waals surface area contributed by atoms with Gasteiger partial charge in [0.15, 0.2) is 0 Å². The second kappa shape index (κ2) is 2.84. The molecule has 2 atom stereocenters. The normalized spacial score (nSPS) is 37.1. The van der Waals surface area contributed by atoms with Crippen LogP contribution >= 0.6 is 0 Å². The quantitative estimate of drug-likeness (QED) is 0.589. The van der Waals surface area contributed by atoms with Crippen molar-refractivity contribution in [1.29, 1.82) is 0 Å². The van der Waals surface area contributed by atoms with Gasteiger partial charge in [0, 0.05) is 12.3 Å². The lowest BCUT2D eigenvalue weighted by molar-refractivity contribution is -0.128. The number of allylic oxidation sites excluding steroid dienone is 4. The van der Waals surface area contributed by atoms with Gasteiger partial charge in [-0.3, -0.25) is 4.79 Å². The topological polar surface area (TPSA) is 17.1 Å². The molecule has 0 radical (unpaired) electrons. The van der Waals surface area contributed by atoms with Crippen molar-refractivity contribution in [3.05, 3.63) is 23.3 Å². The first kappa shape index (κ1) is 9.38. The summed E-state index contributed by atoms with van der Waals surface area (Å²) in [6, 6.07) is 0. The van der Waals surface area contributed by atoms with E-state index < -0.39 is 0 Å². The smallest absolute Gasteiger partial charge is 0.137 e. The average molecular weight is 202 g/mol. The maximum absolute atomic E-state index is 12.1. The van der Waals surface area contributed by atoms with Gasteiger partial charge in [-0.15, -0.1) is 0 Å². The average Bonchev–Trinajstić information content (AvgIpc) is 2.60. The highest BCUT2D eigenvalue weighted by Crippen LogP contribution is 2.53. The Kier molecular flexibility index (Phi) is 1.78. The van der Waals surface area contributed by atoms with E-state index in [9.17, 15) is 4.79 Å². The summed E-state index contributed by atoms with van der Waals surface area (Å²) in [5.74, 6) is 1.36. The van der Waals surface area contributed by atoms with Crippen LogP contribution in [0.5, 0.6) is 0 Å². The molecule has 0 saturated heterocycles. The third-order valence-corrected chi connectivity index (χ3v) is 4.67. The van der Waals surface area contributed by atoms with Crippen molar-refractivity contribution < 1.29 is 4.79 Å². The van der Waals surface area contributed by atoms with Gasteiger partial charge >= 0.3 is 0 Å². The van der Waals surface area contributed by atoms with Crippen molar-refractivity contribution in [3.8, 4) is 0 Å². The summed E-state index contributed by atoms with van der Waals surface area (Å²) in [5, 5.41) is 0. The first-order valence-electron chi connectivity index (χ1n) is 6.03. The highest BCUT2D eigenvalue weighted by atomic mass is 16.1. The molecule has 4 aliphatic carbocycles. The Hall–Kier alpha value is -0.850. The Morgan fingerprint density at radius 3 is 2.87 bits per heavy atom. The second-order valence-corrected chi connectivity index (χ2v) is 5.76. The zero-order valence-electron chi connectivity index (χ0n) is 9.55. The number of rotatable bonds is 0. The molecular weight excluding hydrogens is 184 g/mol. The van der Waals surface area contributed by atoms with Crippen LogP contribution in [0.4, 0.5) is 0 Å².